The molecule has 0 radical (unpaired) electrons. The summed E-state index contributed by atoms with van der Waals surface area (Å²) in [5.41, 5.74) is 3.56. The van der Waals surface area contributed by atoms with Gasteiger partial charge in [-0.05, 0) is 61.0 Å². The van der Waals surface area contributed by atoms with Gasteiger partial charge in [0.25, 0.3) is 5.91 Å². The van der Waals surface area contributed by atoms with Gasteiger partial charge in [-0.3, -0.25) is 14.4 Å². The van der Waals surface area contributed by atoms with Gasteiger partial charge in [0, 0.05) is 16.9 Å². The van der Waals surface area contributed by atoms with E-state index in [-0.39, 0.29) is 6.61 Å². The van der Waals surface area contributed by atoms with Crippen LogP contribution >= 0.6 is 23.2 Å². The molecule has 0 spiro atoms. The molecule has 3 N–H and O–H groups in total. The minimum atomic E-state index is -0.955. The summed E-state index contributed by atoms with van der Waals surface area (Å²) in [7, 11) is 0. The smallest absolute Gasteiger partial charge is 0.329 e. The molecule has 0 unspecified atom stereocenters. The van der Waals surface area contributed by atoms with Gasteiger partial charge in [-0.2, -0.15) is 5.10 Å². The van der Waals surface area contributed by atoms with E-state index in [2.05, 4.69) is 28.1 Å². The summed E-state index contributed by atoms with van der Waals surface area (Å²) >= 11 is 11.8. The number of amides is 3. The molecule has 0 saturated carbocycles. The Hall–Kier alpha value is -4.08. The zero-order chi connectivity index (χ0) is 27.3. The highest BCUT2D eigenvalue weighted by molar-refractivity contribution is 6.42. The van der Waals surface area contributed by atoms with Crippen LogP contribution in [0.2, 0.25) is 10.0 Å². The maximum Gasteiger partial charge on any atom is 0.329 e. The second-order valence-corrected chi connectivity index (χ2v) is 8.70. The van der Waals surface area contributed by atoms with E-state index in [1.54, 1.807) is 60.7 Å². The molecule has 0 aliphatic rings. The third-order valence-electron chi connectivity index (χ3n) is 4.94. The van der Waals surface area contributed by atoms with Crippen molar-refractivity contribution >= 4 is 58.5 Å². The average Bonchev–Trinajstić information content (AvgIpc) is 2.91. The third kappa shape index (κ3) is 9.10. The number of hydrogen-bond acceptors (Lipinski definition) is 6. The van der Waals surface area contributed by atoms with Crippen molar-refractivity contribution in [1.29, 1.82) is 0 Å². The molecule has 0 heterocycles. The van der Waals surface area contributed by atoms with E-state index in [0.29, 0.717) is 45.1 Å². The van der Waals surface area contributed by atoms with Gasteiger partial charge < -0.3 is 20.1 Å². The molecule has 3 aromatic rings. The van der Waals surface area contributed by atoms with Crippen molar-refractivity contribution in [2.75, 3.05) is 23.8 Å². The zero-order valence-corrected chi connectivity index (χ0v) is 22.0. The van der Waals surface area contributed by atoms with Crippen LogP contribution in [-0.4, -0.2) is 37.1 Å². The van der Waals surface area contributed by atoms with E-state index >= 15 is 0 Å². The molecule has 0 aromatic heterocycles. The fourth-order valence-electron chi connectivity index (χ4n) is 3.00. The number of nitrogens with one attached hydrogen (secondary N) is 3. The molecule has 11 heteroatoms. The van der Waals surface area contributed by atoms with Crippen molar-refractivity contribution in [3.8, 4) is 11.5 Å². The van der Waals surface area contributed by atoms with Crippen LogP contribution in [0, 0.1) is 0 Å². The van der Waals surface area contributed by atoms with Crippen LogP contribution in [-0.2, 0) is 14.4 Å². The molecule has 0 aliphatic heterocycles. The van der Waals surface area contributed by atoms with Crippen LogP contribution in [0.3, 0.4) is 0 Å². The fraction of sp³-hybridized carbons (Fsp3) is 0.185. The molecule has 0 saturated heterocycles. The summed E-state index contributed by atoms with van der Waals surface area (Å²) in [6, 6.07) is 18.2. The molecule has 0 aliphatic carbocycles. The second-order valence-electron chi connectivity index (χ2n) is 7.88. The van der Waals surface area contributed by atoms with Crippen molar-refractivity contribution in [2.24, 2.45) is 5.10 Å². The number of hydrazone groups is 1. The number of nitrogens with zero attached hydrogens (tertiary/aromatic N) is 1. The lowest BCUT2D eigenvalue weighted by atomic mass is 10.2. The average molecular weight is 557 g/mol. The van der Waals surface area contributed by atoms with Gasteiger partial charge in [0.15, 0.2) is 6.61 Å². The number of benzene rings is 3. The molecular formula is C27H26Cl2N4O5. The molecule has 38 heavy (non-hydrogen) atoms. The lowest BCUT2D eigenvalue weighted by Crippen LogP contribution is -2.32. The zero-order valence-electron chi connectivity index (χ0n) is 20.5. The van der Waals surface area contributed by atoms with E-state index in [9.17, 15) is 14.4 Å². The highest BCUT2D eigenvalue weighted by atomic mass is 35.5. The van der Waals surface area contributed by atoms with E-state index in [1.165, 1.54) is 12.3 Å². The predicted octanol–water partition coefficient (Wildman–Crippen LogP) is 5.28. The Bertz CT molecular complexity index is 1300. The SMILES string of the molecule is CCCCOc1ccc(NC(=O)C(=O)N/N=C\c2ccccc2OCC(=O)Nc2ccc(Cl)c(Cl)c2)cc1. The maximum absolute atomic E-state index is 12.2. The fourth-order valence-corrected chi connectivity index (χ4v) is 3.30. The number of anilines is 2. The number of rotatable bonds is 11. The Morgan fingerprint density at radius 2 is 1.61 bits per heavy atom. The molecule has 3 amide bonds. The number of unbranched alkanes of at least 4 members (excludes halogenated alkanes) is 1. The number of para-hydroxylation sites is 1. The quantitative estimate of drug-likeness (QED) is 0.128. The second kappa shape index (κ2) is 14.6. The molecule has 3 rings (SSSR count). The number of halogens is 2. The Kier molecular flexibility index (Phi) is 11.0. The van der Waals surface area contributed by atoms with Crippen molar-refractivity contribution < 1.29 is 23.9 Å². The molecule has 0 atom stereocenters. The first kappa shape index (κ1) is 28.5. The first-order valence-corrected chi connectivity index (χ1v) is 12.4. The van der Waals surface area contributed by atoms with Gasteiger partial charge in [0.1, 0.15) is 11.5 Å². The molecule has 3 aromatic carbocycles. The Morgan fingerprint density at radius 1 is 0.868 bits per heavy atom. The van der Waals surface area contributed by atoms with Crippen LogP contribution < -0.4 is 25.5 Å². The predicted molar refractivity (Wildman–Crippen MR) is 148 cm³/mol. The number of carbonyl (C=O) groups excluding carboxylic acids is 3. The molecule has 198 valence electrons. The van der Waals surface area contributed by atoms with Gasteiger partial charge >= 0.3 is 11.8 Å². The standard InChI is InChI=1S/C27H26Cl2N4O5/c1-2-3-14-37-21-11-8-19(9-12-21)32-26(35)27(36)33-30-16-18-6-4-5-7-24(18)38-17-25(34)31-20-10-13-22(28)23(29)15-20/h4-13,15-16H,2-3,14,17H2,1H3,(H,31,34)(H,32,35)(H,33,36)/b30-16-. The van der Waals surface area contributed by atoms with Gasteiger partial charge in [0.05, 0.1) is 22.9 Å². The third-order valence-corrected chi connectivity index (χ3v) is 5.67. The summed E-state index contributed by atoms with van der Waals surface area (Å²) in [5.74, 6) is -1.23. The lowest BCUT2D eigenvalue weighted by Gasteiger charge is -2.10. The number of carbonyl (C=O) groups is 3. The number of ether oxygens (including phenoxy) is 2. The first-order chi connectivity index (χ1) is 18.4. The van der Waals surface area contributed by atoms with Crippen molar-refractivity contribution in [3.05, 3.63) is 82.3 Å². The van der Waals surface area contributed by atoms with Crippen LogP contribution in [0.25, 0.3) is 0 Å². The minimum Gasteiger partial charge on any atom is -0.494 e. The highest BCUT2D eigenvalue weighted by Crippen LogP contribution is 2.25. The van der Waals surface area contributed by atoms with Gasteiger partial charge in [-0.1, -0.05) is 48.7 Å². The molecule has 0 fully saturated rings. The van der Waals surface area contributed by atoms with E-state index in [0.717, 1.165) is 12.8 Å². The Labute approximate surface area is 230 Å². The van der Waals surface area contributed by atoms with E-state index in [1.807, 2.05) is 0 Å². The summed E-state index contributed by atoms with van der Waals surface area (Å²) < 4.78 is 11.2. The molecule has 0 bridgehead atoms. The van der Waals surface area contributed by atoms with Crippen molar-refractivity contribution in [3.63, 3.8) is 0 Å². The summed E-state index contributed by atoms with van der Waals surface area (Å²) in [6.07, 6.45) is 3.29. The van der Waals surface area contributed by atoms with E-state index in [4.69, 9.17) is 32.7 Å². The summed E-state index contributed by atoms with van der Waals surface area (Å²) in [5, 5.41) is 9.65. The van der Waals surface area contributed by atoms with Gasteiger partial charge in [0.2, 0.25) is 0 Å². The van der Waals surface area contributed by atoms with Gasteiger partial charge in [-0.15, -0.1) is 0 Å². The molecule has 9 nitrogen and oxygen atoms in total. The maximum atomic E-state index is 12.2. The lowest BCUT2D eigenvalue weighted by molar-refractivity contribution is -0.136. The Morgan fingerprint density at radius 3 is 2.34 bits per heavy atom. The van der Waals surface area contributed by atoms with Gasteiger partial charge in [-0.25, -0.2) is 5.43 Å². The van der Waals surface area contributed by atoms with E-state index < -0.39 is 17.7 Å². The molecular weight excluding hydrogens is 531 g/mol. The van der Waals surface area contributed by atoms with Crippen LogP contribution in [0.15, 0.2) is 71.8 Å². The monoisotopic (exact) mass is 556 g/mol. The van der Waals surface area contributed by atoms with Crippen molar-refractivity contribution in [1.82, 2.24) is 5.43 Å². The largest absolute Gasteiger partial charge is 0.494 e. The normalized spacial score (nSPS) is 10.6. The van der Waals surface area contributed by atoms with Crippen LogP contribution in [0.5, 0.6) is 11.5 Å². The van der Waals surface area contributed by atoms with Crippen LogP contribution in [0.1, 0.15) is 25.3 Å². The summed E-state index contributed by atoms with van der Waals surface area (Å²) in [6.45, 7) is 2.40. The minimum absolute atomic E-state index is 0.289. The first-order valence-electron chi connectivity index (χ1n) is 11.7. The number of hydrogen-bond donors (Lipinski definition) is 3. The summed E-state index contributed by atoms with van der Waals surface area (Å²) in [4.78, 5) is 36.6. The Balaban J connectivity index is 1.48. The highest BCUT2D eigenvalue weighted by Gasteiger charge is 2.13. The topological polar surface area (TPSA) is 118 Å². The van der Waals surface area contributed by atoms with Crippen LogP contribution in [0.4, 0.5) is 11.4 Å². The van der Waals surface area contributed by atoms with Crippen molar-refractivity contribution in [2.45, 2.75) is 19.8 Å².